The van der Waals surface area contributed by atoms with Gasteiger partial charge in [-0.15, -0.1) is 0 Å². The van der Waals surface area contributed by atoms with Gasteiger partial charge in [-0.2, -0.15) is 0 Å². The van der Waals surface area contributed by atoms with Gasteiger partial charge in [0.25, 0.3) is 0 Å². The van der Waals surface area contributed by atoms with Crippen LogP contribution < -0.4 is 5.32 Å². The summed E-state index contributed by atoms with van der Waals surface area (Å²) in [5.41, 5.74) is 0.0794. The van der Waals surface area contributed by atoms with Crippen molar-refractivity contribution in [1.82, 2.24) is 5.32 Å². The molecule has 21 heavy (non-hydrogen) atoms. The molecule has 1 aliphatic rings. The monoisotopic (exact) mass is 307 g/mol. The molecule has 0 amide bonds. The van der Waals surface area contributed by atoms with E-state index < -0.39 is 17.3 Å². The summed E-state index contributed by atoms with van der Waals surface area (Å²) in [5.74, 6) is -1.76. The molecular formula is C15H14ClNO4. The molecule has 2 atom stereocenters. The number of rotatable bonds is 5. The zero-order chi connectivity index (χ0) is 15.2. The molecule has 1 aromatic heterocycles. The third-order valence-corrected chi connectivity index (χ3v) is 4.37. The number of aliphatic carboxylic acids is 1. The second kappa shape index (κ2) is 4.86. The first-order valence-electron chi connectivity index (χ1n) is 6.58. The molecule has 0 spiro atoms. The van der Waals surface area contributed by atoms with Gasteiger partial charge in [0.15, 0.2) is 11.4 Å². The Kier molecular flexibility index (Phi) is 3.26. The van der Waals surface area contributed by atoms with Gasteiger partial charge in [-0.1, -0.05) is 11.6 Å². The Balaban J connectivity index is 2.01. The van der Waals surface area contributed by atoms with E-state index in [2.05, 4.69) is 5.32 Å². The standard InChI is InChI=1S/C15H14ClNO4/c1-17-7-15(6-10(15)14(19)20)13(18)9-4-8-2-3-21-12(8)11(16)5-9/h2-5,10,17H,6-7H2,1H3,(H,19,20). The van der Waals surface area contributed by atoms with Crippen molar-refractivity contribution in [3.63, 3.8) is 0 Å². The van der Waals surface area contributed by atoms with Crippen molar-refractivity contribution in [3.05, 3.63) is 35.0 Å². The van der Waals surface area contributed by atoms with Gasteiger partial charge in [0.1, 0.15) is 0 Å². The Hall–Kier alpha value is -1.85. The van der Waals surface area contributed by atoms with Gasteiger partial charge < -0.3 is 14.8 Å². The molecule has 2 N–H and O–H groups in total. The summed E-state index contributed by atoms with van der Waals surface area (Å²) >= 11 is 6.12. The van der Waals surface area contributed by atoms with Crippen LogP contribution in [0.5, 0.6) is 0 Å². The van der Waals surface area contributed by atoms with Gasteiger partial charge in [0.05, 0.1) is 22.6 Å². The normalized spacial score (nSPS) is 24.2. The van der Waals surface area contributed by atoms with E-state index in [0.29, 0.717) is 29.1 Å². The average molecular weight is 308 g/mol. The number of nitrogens with one attached hydrogen (secondary N) is 1. The van der Waals surface area contributed by atoms with E-state index in [1.807, 2.05) is 0 Å². The lowest BCUT2D eigenvalue weighted by atomic mass is 9.91. The topological polar surface area (TPSA) is 79.5 Å². The third kappa shape index (κ3) is 2.13. The van der Waals surface area contributed by atoms with Gasteiger partial charge in [-0.05, 0) is 31.7 Å². The molecule has 6 heteroatoms. The number of carbonyl (C=O) groups excluding carboxylic acids is 1. The zero-order valence-electron chi connectivity index (χ0n) is 11.4. The van der Waals surface area contributed by atoms with Crippen molar-refractivity contribution >= 4 is 34.3 Å². The van der Waals surface area contributed by atoms with Crippen molar-refractivity contribution in [3.8, 4) is 0 Å². The van der Waals surface area contributed by atoms with Crippen molar-refractivity contribution < 1.29 is 19.1 Å². The molecule has 1 fully saturated rings. The molecule has 1 heterocycles. The number of carboxylic acid groups (broad SMARTS) is 1. The molecule has 2 unspecified atom stereocenters. The number of halogens is 1. The largest absolute Gasteiger partial charge is 0.481 e. The lowest BCUT2D eigenvalue weighted by molar-refractivity contribution is -0.139. The van der Waals surface area contributed by atoms with Crippen LogP contribution >= 0.6 is 11.6 Å². The number of benzene rings is 1. The van der Waals surface area contributed by atoms with Crippen LogP contribution in [0, 0.1) is 11.3 Å². The summed E-state index contributed by atoms with van der Waals surface area (Å²) in [6.45, 7) is 0.337. The predicted octanol–water partition coefficient (Wildman–Crippen LogP) is 2.58. The number of fused-ring (bicyclic) bond motifs is 1. The fraction of sp³-hybridized carbons (Fsp3) is 0.333. The highest BCUT2D eigenvalue weighted by atomic mass is 35.5. The first-order valence-corrected chi connectivity index (χ1v) is 6.96. The van der Waals surface area contributed by atoms with Gasteiger partial charge in [-0.3, -0.25) is 9.59 Å². The van der Waals surface area contributed by atoms with Crippen LogP contribution in [0.4, 0.5) is 0 Å². The minimum absolute atomic E-state index is 0.186. The fourth-order valence-corrected chi connectivity index (χ4v) is 3.20. The summed E-state index contributed by atoms with van der Waals surface area (Å²) in [4.78, 5) is 24.0. The summed E-state index contributed by atoms with van der Waals surface area (Å²) in [6.07, 6.45) is 1.86. The maximum atomic E-state index is 12.8. The molecule has 0 aliphatic heterocycles. The Labute approximate surface area is 125 Å². The first-order chi connectivity index (χ1) is 9.99. The number of furan rings is 1. The van der Waals surface area contributed by atoms with Crippen molar-refractivity contribution in [2.45, 2.75) is 6.42 Å². The average Bonchev–Trinajstić information content (AvgIpc) is 2.97. The van der Waals surface area contributed by atoms with Crippen molar-refractivity contribution in [2.24, 2.45) is 11.3 Å². The number of hydrogen-bond donors (Lipinski definition) is 2. The van der Waals surface area contributed by atoms with E-state index in [0.717, 1.165) is 5.39 Å². The minimum atomic E-state index is -0.936. The second-order valence-corrected chi connectivity index (χ2v) is 5.81. The van der Waals surface area contributed by atoms with E-state index in [1.165, 1.54) is 6.26 Å². The molecule has 5 nitrogen and oxygen atoms in total. The van der Waals surface area contributed by atoms with E-state index in [9.17, 15) is 14.7 Å². The zero-order valence-corrected chi connectivity index (χ0v) is 12.1. The number of carboxylic acids is 1. The molecule has 1 aliphatic carbocycles. The maximum Gasteiger partial charge on any atom is 0.307 e. The third-order valence-electron chi connectivity index (χ3n) is 4.09. The Morgan fingerprint density at radius 1 is 1.52 bits per heavy atom. The molecule has 1 saturated carbocycles. The van der Waals surface area contributed by atoms with Crippen molar-refractivity contribution in [2.75, 3.05) is 13.6 Å². The van der Waals surface area contributed by atoms with Gasteiger partial charge in [0, 0.05) is 17.5 Å². The van der Waals surface area contributed by atoms with Crippen LogP contribution in [-0.2, 0) is 4.79 Å². The Morgan fingerprint density at radius 2 is 2.29 bits per heavy atom. The summed E-state index contributed by atoms with van der Waals surface area (Å²) in [5, 5.41) is 13.2. The van der Waals surface area contributed by atoms with E-state index >= 15 is 0 Å². The number of Topliss-reactive ketones (excluding diaryl/α,β-unsaturated/α-hetero) is 1. The number of carbonyl (C=O) groups is 2. The maximum absolute atomic E-state index is 12.8. The Morgan fingerprint density at radius 3 is 2.90 bits per heavy atom. The van der Waals surface area contributed by atoms with E-state index in [4.69, 9.17) is 16.0 Å². The number of ketones is 1. The smallest absolute Gasteiger partial charge is 0.307 e. The molecule has 110 valence electrons. The molecule has 3 rings (SSSR count). The highest BCUT2D eigenvalue weighted by molar-refractivity contribution is 6.35. The van der Waals surface area contributed by atoms with Crippen LogP contribution in [0.3, 0.4) is 0 Å². The van der Waals surface area contributed by atoms with E-state index in [1.54, 1.807) is 25.2 Å². The lowest BCUT2D eigenvalue weighted by Gasteiger charge is -2.15. The first kappa shape index (κ1) is 14.1. The molecule has 0 bridgehead atoms. The summed E-state index contributed by atoms with van der Waals surface area (Å²) in [7, 11) is 1.71. The number of hydrogen-bond acceptors (Lipinski definition) is 4. The van der Waals surface area contributed by atoms with Gasteiger partial charge in [-0.25, -0.2) is 0 Å². The Bertz CT molecular complexity index is 738. The lowest BCUT2D eigenvalue weighted by Crippen LogP contribution is -2.31. The highest BCUT2D eigenvalue weighted by Crippen LogP contribution is 2.54. The SMILES string of the molecule is CNCC1(C(=O)c2cc(Cl)c3occc3c2)CC1C(=O)O. The van der Waals surface area contributed by atoms with Crippen LogP contribution in [0.2, 0.25) is 5.02 Å². The molecule has 1 aromatic carbocycles. The van der Waals surface area contributed by atoms with Crippen LogP contribution in [0.1, 0.15) is 16.8 Å². The molecule has 2 aromatic rings. The predicted molar refractivity (Wildman–Crippen MR) is 77.7 cm³/mol. The van der Waals surface area contributed by atoms with Gasteiger partial charge in [0.2, 0.25) is 0 Å². The summed E-state index contributed by atoms with van der Waals surface area (Å²) < 4.78 is 5.24. The molecule has 0 radical (unpaired) electrons. The molecular weight excluding hydrogens is 294 g/mol. The van der Waals surface area contributed by atoms with Crippen molar-refractivity contribution in [1.29, 1.82) is 0 Å². The quantitative estimate of drug-likeness (QED) is 0.830. The van der Waals surface area contributed by atoms with Crippen LogP contribution in [0.25, 0.3) is 11.0 Å². The van der Waals surface area contributed by atoms with Crippen LogP contribution in [0.15, 0.2) is 28.9 Å². The van der Waals surface area contributed by atoms with Gasteiger partial charge >= 0.3 is 5.97 Å². The second-order valence-electron chi connectivity index (χ2n) is 5.41. The van der Waals surface area contributed by atoms with E-state index in [-0.39, 0.29) is 5.78 Å². The summed E-state index contributed by atoms with van der Waals surface area (Å²) in [6, 6.07) is 4.97. The minimum Gasteiger partial charge on any atom is -0.481 e. The molecule has 0 saturated heterocycles. The fourth-order valence-electron chi connectivity index (χ4n) is 2.93. The highest BCUT2D eigenvalue weighted by Gasteiger charge is 2.63. The van der Waals surface area contributed by atoms with Crippen LogP contribution in [-0.4, -0.2) is 30.5 Å².